The van der Waals surface area contributed by atoms with Gasteiger partial charge in [0.05, 0.1) is 5.69 Å². The Morgan fingerprint density at radius 1 is 0.848 bits per heavy atom. The third kappa shape index (κ3) is 4.62. The number of nitrogens with zero attached hydrogens (tertiary/aromatic N) is 1. The molecule has 1 aliphatic heterocycles. The van der Waals surface area contributed by atoms with Gasteiger partial charge in [-0.3, -0.25) is 14.4 Å². The minimum atomic E-state index is -0.641. The SMILES string of the molecule is Cc1ccc(NC(=O)c2ccc(C)c(NC3=C(Cl)C(=O)N(c4ccc(Cl)cc4)C3=O)c2)cc1. The zero-order valence-electron chi connectivity index (χ0n) is 17.8. The minimum absolute atomic E-state index is 0.0594. The molecule has 0 fully saturated rings. The standard InChI is InChI=1S/C25H19Cl2N3O3/c1-14-3-9-18(10-4-14)28-23(31)16-6-5-15(2)20(13-16)29-22-21(27)24(32)30(25(22)33)19-11-7-17(26)8-12-19/h3-13,29H,1-2H3,(H,28,31). The molecule has 8 heteroatoms. The van der Waals surface area contributed by atoms with Crippen LogP contribution in [0.1, 0.15) is 21.5 Å². The maximum atomic E-state index is 13.0. The fourth-order valence-electron chi connectivity index (χ4n) is 3.31. The lowest BCUT2D eigenvalue weighted by Crippen LogP contribution is -2.32. The molecular formula is C25H19Cl2N3O3. The predicted octanol–water partition coefficient (Wildman–Crippen LogP) is 5.64. The fourth-order valence-corrected chi connectivity index (χ4v) is 3.65. The van der Waals surface area contributed by atoms with Crippen LogP contribution in [0.2, 0.25) is 5.02 Å². The second-order valence-corrected chi connectivity index (χ2v) is 8.40. The molecule has 3 amide bonds. The van der Waals surface area contributed by atoms with E-state index in [-0.39, 0.29) is 16.6 Å². The first-order valence-corrected chi connectivity index (χ1v) is 10.8. The van der Waals surface area contributed by atoms with Crippen molar-refractivity contribution in [2.45, 2.75) is 13.8 Å². The van der Waals surface area contributed by atoms with E-state index in [0.717, 1.165) is 16.0 Å². The van der Waals surface area contributed by atoms with E-state index in [1.54, 1.807) is 42.5 Å². The molecule has 1 heterocycles. The summed E-state index contributed by atoms with van der Waals surface area (Å²) < 4.78 is 0. The van der Waals surface area contributed by atoms with Crippen molar-refractivity contribution >= 4 is 58.0 Å². The summed E-state index contributed by atoms with van der Waals surface area (Å²) in [7, 11) is 0. The lowest BCUT2D eigenvalue weighted by atomic mass is 10.1. The topological polar surface area (TPSA) is 78.5 Å². The summed E-state index contributed by atoms with van der Waals surface area (Å²) in [5, 5.41) is 6.03. The Hall–Kier alpha value is -3.61. The molecule has 3 aromatic rings. The van der Waals surface area contributed by atoms with Crippen molar-refractivity contribution in [3.63, 3.8) is 0 Å². The van der Waals surface area contributed by atoms with Crippen LogP contribution < -0.4 is 15.5 Å². The van der Waals surface area contributed by atoms with Gasteiger partial charge in [-0.2, -0.15) is 0 Å². The second kappa shape index (κ2) is 9.10. The van der Waals surface area contributed by atoms with E-state index >= 15 is 0 Å². The first-order chi connectivity index (χ1) is 15.7. The van der Waals surface area contributed by atoms with Crippen LogP contribution in [0.4, 0.5) is 17.1 Å². The molecule has 0 unspecified atom stereocenters. The summed E-state index contributed by atoms with van der Waals surface area (Å²) in [4.78, 5) is 39.4. The second-order valence-electron chi connectivity index (χ2n) is 7.59. The molecule has 0 saturated carbocycles. The fraction of sp³-hybridized carbons (Fsp3) is 0.0800. The average molecular weight is 480 g/mol. The van der Waals surface area contributed by atoms with Gasteiger partial charge in [0.25, 0.3) is 17.7 Å². The first-order valence-electron chi connectivity index (χ1n) is 10.0. The smallest absolute Gasteiger partial charge is 0.283 e. The molecule has 0 aliphatic carbocycles. The van der Waals surface area contributed by atoms with E-state index in [1.165, 1.54) is 0 Å². The number of imide groups is 1. The van der Waals surface area contributed by atoms with E-state index < -0.39 is 11.8 Å². The molecule has 0 atom stereocenters. The van der Waals surface area contributed by atoms with Crippen LogP contribution in [-0.2, 0) is 9.59 Å². The van der Waals surface area contributed by atoms with Crippen LogP contribution in [0.5, 0.6) is 0 Å². The van der Waals surface area contributed by atoms with Gasteiger partial charge in [0.1, 0.15) is 10.7 Å². The van der Waals surface area contributed by atoms with Gasteiger partial charge in [0, 0.05) is 22.0 Å². The molecule has 0 aromatic heterocycles. The van der Waals surface area contributed by atoms with Crippen molar-refractivity contribution in [3.05, 3.63) is 99.2 Å². The Bertz CT molecular complexity index is 1300. The highest BCUT2D eigenvalue weighted by molar-refractivity contribution is 6.53. The Morgan fingerprint density at radius 3 is 2.18 bits per heavy atom. The van der Waals surface area contributed by atoms with Gasteiger partial charge < -0.3 is 10.6 Å². The van der Waals surface area contributed by atoms with Crippen LogP contribution >= 0.6 is 23.2 Å². The number of amides is 3. The van der Waals surface area contributed by atoms with Gasteiger partial charge in [-0.15, -0.1) is 0 Å². The van der Waals surface area contributed by atoms with Crippen molar-refractivity contribution in [1.82, 2.24) is 0 Å². The summed E-state index contributed by atoms with van der Waals surface area (Å²) in [6.45, 7) is 3.78. The van der Waals surface area contributed by atoms with Crippen molar-refractivity contribution in [2.75, 3.05) is 15.5 Å². The number of halogens is 2. The maximum Gasteiger partial charge on any atom is 0.283 e. The molecule has 4 rings (SSSR count). The highest BCUT2D eigenvalue weighted by Gasteiger charge is 2.39. The normalized spacial score (nSPS) is 13.5. The molecule has 33 heavy (non-hydrogen) atoms. The molecule has 1 aliphatic rings. The van der Waals surface area contributed by atoms with E-state index in [4.69, 9.17) is 23.2 Å². The summed E-state index contributed by atoms with van der Waals surface area (Å²) in [5.74, 6) is -1.54. The van der Waals surface area contributed by atoms with Gasteiger partial charge in [-0.25, -0.2) is 4.90 Å². The molecule has 0 spiro atoms. The largest absolute Gasteiger partial charge is 0.349 e. The molecule has 0 saturated heterocycles. The number of benzene rings is 3. The molecule has 0 radical (unpaired) electrons. The van der Waals surface area contributed by atoms with Crippen molar-refractivity contribution < 1.29 is 14.4 Å². The number of hydrogen-bond acceptors (Lipinski definition) is 4. The quantitative estimate of drug-likeness (QED) is 0.463. The summed E-state index contributed by atoms with van der Waals surface area (Å²) in [5.41, 5.74) is 3.68. The molecule has 0 bridgehead atoms. The van der Waals surface area contributed by atoms with Gasteiger partial charge in [0.15, 0.2) is 0 Å². The number of hydrogen-bond donors (Lipinski definition) is 2. The molecule has 3 aromatic carbocycles. The van der Waals surface area contributed by atoms with E-state index in [1.807, 2.05) is 38.1 Å². The zero-order valence-corrected chi connectivity index (χ0v) is 19.3. The monoisotopic (exact) mass is 479 g/mol. The van der Waals surface area contributed by atoms with Crippen LogP contribution in [0.25, 0.3) is 0 Å². The van der Waals surface area contributed by atoms with E-state index in [9.17, 15) is 14.4 Å². The van der Waals surface area contributed by atoms with Gasteiger partial charge >= 0.3 is 0 Å². The van der Waals surface area contributed by atoms with Gasteiger partial charge in [-0.1, -0.05) is 47.0 Å². The number of carbonyl (C=O) groups excluding carboxylic acids is 3. The van der Waals surface area contributed by atoms with E-state index in [0.29, 0.717) is 27.6 Å². The van der Waals surface area contributed by atoms with Crippen LogP contribution in [-0.4, -0.2) is 17.7 Å². The highest BCUT2D eigenvalue weighted by atomic mass is 35.5. The van der Waals surface area contributed by atoms with Crippen LogP contribution in [0.15, 0.2) is 77.5 Å². The Morgan fingerprint density at radius 2 is 1.52 bits per heavy atom. The Kier molecular flexibility index (Phi) is 6.22. The summed E-state index contributed by atoms with van der Waals surface area (Å²) in [6.07, 6.45) is 0. The number of nitrogens with one attached hydrogen (secondary N) is 2. The maximum absolute atomic E-state index is 13.0. The average Bonchev–Trinajstić information content (AvgIpc) is 3.00. The number of rotatable bonds is 5. The zero-order chi connectivity index (χ0) is 23.7. The third-order valence-corrected chi connectivity index (χ3v) is 5.78. The Balaban J connectivity index is 1.57. The van der Waals surface area contributed by atoms with Crippen molar-refractivity contribution in [2.24, 2.45) is 0 Å². The summed E-state index contributed by atoms with van der Waals surface area (Å²) in [6, 6.07) is 18.8. The molecular weight excluding hydrogens is 461 g/mol. The Labute approximate surface area is 200 Å². The lowest BCUT2D eigenvalue weighted by Gasteiger charge is -2.16. The predicted molar refractivity (Wildman–Crippen MR) is 131 cm³/mol. The van der Waals surface area contributed by atoms with Crippen LogP contribution in [0, 0.1) is 13.8 Å². The minimum Gasteiger partial charge on any atom is -0.349 e. The number of anilines is 3. The highest BCUT2D eigenvalue weighted by Crippen LogP contribution is 2.31. The lowest BCUT2D eigenvalue weighted by molar-refractivity contribution is -0.120. The summed E-state index contributed by atoms with van der Waals surface area (Å²) >= 11 is 12.1. The van der Waals surface area contributed by atoms with Crippen molar-refractivity contribution in [3.8, 4) is 0 Å². The molecule has 166 valence electrons. The number of carbonyl (C=O) groups is 3. The number of aryl methyl sites for hydroxylation is 2. The van der Waals surface area contributed by atoms with Crippen molar-refractivity contribution in [1.29, 1.82) is 0 Å². The molecule has 6 nitrogen and oxygen atoms in total. The third-order valence-electron chi connectivity index (χ3n) is 5.18. The van der Waals surface area contributed by atoms with Gasteiger partial charge in [-0.05, 0) is 67.9 Å². The first kappa shape index (κ1) is 22.6. The van der Waals surface area contributed by atoms with Gasteiger partial charge in [0.2, 0.25) is 0 Å². The van der Waals surface area contributed by atoms with E-state index in [2.05, 4.69) is 10.6 Å². The molecule has 2 N–H and O–H groups in total. The van der Waals surface area contributed by atoms with Crippen LogP contribution in [0.3, 0.4) is 0 Å².